The molecule has 9 heteroatoms. The van der Waals surface area contributed by atoms with Gasteiger partial charge in [-0.3, -0.25) is 9.59 Å². The highest BCUT2D eigenvalue weighted by molar-refractivity contribution is 7.91. The van der Waals surface area contributed by atoms with Crippen molar-refractivity contribution in [2.45, 2.75) is 11.1 Å². The van der Waals surface area contributed by atoms with Gasteiger partial charge in [-0.05, 0) is 6.92 Å². The summed E-state index contributed by atoms with van der Waals surface area (Å²) in [5, 5.41) is 0. The van der Waals surface area contributed by atoms with Gasteiger partial charge >= 0.3 is 4.87 Å². The Morgan fingerprint density at radius 3 is 2.50 bits per heavy atom. The van der Waals surface area contributed by atoms with Crippen molar-refractivity contribution in [3.8, 4) is 0 Å². The maximum atomic E-state index is 11.9. The second-order valence-electron chi connectivity index (χ2n) is 3.15. The molecule has 0 fully saturated rings. The van der Waals surface area contributed by atoms with Crippen molar-refractivity contribution in [1.29, 1.82) is 0 Å². The Labute approximate surface area is 95.9 Å². The predicted octanol–water partition coefficient (Wildman–Crippen LogP) is -1.15. The molecule has 0 saturated carbocycles. The van der Waals surface area contributed by atoms with Gasteiger partial charge in [0.15, 0.2) is 4.21 Å². The molecule has 90 valence electrons. The summed E-state index contributed by atoms with van der Waals surface area (Å²) in [4.78, 5) is 23.5. The van der Waals surface area contributed by atoms with E-state index in [-0.39, 0.29) is 9.90 Å². The number of sulfonamides is 1. The third-order valence-corrected chi connectivity index (χ3v) is 5.19. The Morgan fingerprint density at radius 1 is 1.56 bits per heavy atom. The van der Waals surface area contributed by atoms with Gasteiger partial charge in [-0.1, -0.05) is 11.3 Å². The molecule has 0 aliphatic rings. The summed E-state index contributed by atoms with van der Waals surface area (Å²) < 4.78 is 24.5. The van der Waals surface area contributed by atoms with Crippen LogP contribution in [0.15, 0.2) is 9.00 Å². The van der Waals surface area contributed by atoms with E-state index >= 15 is 0 Å². The van der Waals surface area contributed by atoms with Crippen molar-refractivity contribution in [2.75, 3.05) is 13.6 Å². The minimum Gasteiger partial charge on any atom is -0.369 e. The number of hydrogen-bond acceptors (Lipinski definition) is 5. The molecular weight excluding hydrogens is 254 g/mol. The van der Waals surface area contributed by atoms with E-state index in [4.69, 9.17) is 5.73 Å². The standard InChI is InChI=1S/C7H11N3O4S2/c1-4-6(15-7(12)9-4)16(13,14)10(2)3-5(8)11/h3H2,1-2H3,(H2,8,11)(H,9,12). The number of hydrogen-bond donors (Lipinski definition) is 2. The van der Waals surface area contributed by atoms with Gasteiger partial charge in [0.2, 0.25) is 5.91 Å². The van der Waals surface area contributed by atoms with Crippen molar-refractivity contribution >= 4 is 27.3 Å². The van der Waals surface area contributed by atoms with Gasteiger partial charge in [-0.15, -0.1) is 0 Å². The molecule has 0 radical (unpaired) electrons. The molecule has 0 saturated heterocycles. The summed E-state index contributed by atoms with van der Waals surface area (Å²) in [5.41, 5.74) is 5.16. The van der Waals surface area contributed by atoms with Gasteiger partial charge in [-0.25, -0.2) is 8.42 Å². The summed E-state index contributed by atoms with van der Waals surface area (Å²) in [5.74, 6) is -0.758. The third kappa shape index (κ3) is 2.49. The van der Waals surface area contributed by atoms with Gasteiger partial charge in [0.05, 0.1) is 6.54 Å². The van der Waals surface area contributed by atoms with Gasteiger partial charge in [0.1, 0.15) is 0 Å². The Balaban J connectivity index is 3.16. The lowest BCUT2D eigenvalue weighted by molar-refractivity contribution is -0.118. The second-order valence-corrected chi connectivity index (χ2v) is 6.38. The molecule has 16 heavy (non-hydrogen) atoms. The number of amides is 1. The zero-order valence-corrected chi connectivity index (χ0v) is 10.3. The van der Waals surface area contributed by atoms with E-state index in [1.54, 1.807) is 0 Å². The minimum atomic E-state index is -3.82. The SMILES string of the molecule is Cc1[nH]c(=O)sc1S(=O)(=O)N(C)CC(N)=O. The molecule has 1 amide bonds. The fourth-order valence-corrected chi connectivity index (χ4v) is 3.71. The lowest BCUT2D eigenvalue weighted by Crippen LogP contribution is -2.35. The first-order valence-electron chi connectivity index (χ1n) is 4.19. The molecule has 1 heterocycles. The van der Waals surface area contributed by atoms with E-state index in [1.165, 1.54) is 14.0 Å². The van der Waals surface area contributed by atoms with Crippen LogP contribution in [0.5, 0.6) is 0 Å². The zero-order chi connectivity index (χ0) is 12.5. The molecule has 0 bridgehead atoms. The van der Waals surface area contributed by atoms with Crippen LogP contribution in [0.3, 0.4) is 0 Å². The molecule has 0 atom stereocenters. The van der Waals surface area contributed by atoms with E-state index in [0.29, 0.717) is 11.3 Å². The van der Waals surface area contributed by atoms with Crippen molar-refractivity contribution in [3.05, 3.63) is 15.4 Å². The molecule has 0 aliphatic carbocycles. The number of aromatic amines is 1. The number of rotatable bonds is 4. The monoisotopic (exact) mass is 265 g/mol. The van der Waals surface area contributed by atoms with E-state index in [9.17, 15) is 18.0 Å². The molecule has 0 unspecified atom stereocenters. The Hall–Kier alpha value is -1.19. The van der Waals surface area contributed by atoms with Crippen LogP contribution in [0.1, 0.15) is 5.69 Å². The Bertz CT molecular complexity index is 556. The summed E-state index contributed by atoms with van der Waals surface area (Å²) >= 11 is 0.584. The first-order chi connectivity index (χ1) is 7.25. The zero-order valence-electron chi connectivity index (χ0n) is 8.68. The summed E-state index contributed by atoms with van der Waals surface area (Å²) in [6, 6.07) is 0. The summed E-state index contributed by atoms with van der Waals surface area (Å²) in [6.07, 6.45) is 0. The van der Waals surface area contributed by atoms with Gasteiger partial charge < -0.3 is 10.7 Å². The second kappa shape index (κ2) is 4.36. The highest BCUT2D eigenvalue weighted by Gasteiger charge is 2.26. The van der Waals surface area contributed by atoms with Crippen LogP contribution in [0.4, 0.5) is 0 Å². The molecule has 1 aromatic rings. The van der Waals surface area contributed by atoms with Crippen LogP contribution in [-0.4, -0.2) is 37.2 Å². The fraction of sp³-hybridized carbons (Fsp3) is 0.429. The molecule has 0 spiro atoms. The maximum Gasteiger partial charge on any atom is 0.305 e. The fourth-order valence-electron chi connectivity index (χ4n) is 1.08. The van der Waals surface area contributed by atoms with Gasteiger partial charge in [0.25, 0.3) is 10.0 Å². The lowest BCUT2D eigenvalue weighted by Gasteiger charge is -2.13. The Morgan fingerprint density at radius 2 is 2.12 bits per heavy atom. The third-order valence-electron chi connectivity index (χ3n) is 1.80. The largest absolute Gasteiger partial charge is 0.369 e. The normalized spacial score (nSPS) is 11.9. The number of carbonyl (C=O) groups excluding carboxylic acids is 1. The van der Waals surface area contributed by atoms with E-state index < -0.39 is 27.3 Å². The average Bonchev–Trinajstić information content (AvgIpc) is 2.44. The van der Waals surface area contributed by atoms with Crippen LogP contribution < -0.4 is 10.6 Å². The molecule has 0 aliphatic heterocycles. The molecule has 1 aromatic heterocycles. The van der Waals surface area contributed by atoms with Gasteiger partial charge in [0, 0.05) is 12.7 Å². The topological polar surface area (TPSA) is 113 Å². The molecule has 0 aromatic carbocycles. The van der Waals surface area contributed by atoms with Crippen LogP contribution in [-0.2, 0) is 14.8 Å². The number of carbonyl (C=O) groups is 1. The molecule has 1 rings (SSSR count). The van der Waals surface area contributed by atoms with Crippen LogP contribution in [0.25, 0.3) is 0 Å². The van der Waals surface area contributed by atoms with Crippen molar-refractivity contribution in [2.24, 2.45) is 5.73 Å². The number of likely N-dealkylation sites (N-methyl/N-ethyl adjacent to an activating group) is 1. The summed E-state index contributed by atoms with van der Waals surface area (Å²) in [7, 11) is -2.60. The smallest absolute Gasteiger partial charge is 0.305 e. The number of H-pyrrole nitrogens is 1. The van der Waals surface area contributed by atoms with E-state index in [2.05, 4.69) is 4.98 Å². The number of nitrogens with two attached hydrogens (primary N) is 1. The van der Waals surface area contributed by atoms with Crippen molar-refractivity contribution in [3.63, 3.8) is 0 Å². The van der Waals surface area contributed by atoms with Crippen molar-refractivity contribution < 1.29 is 13.2 Å². The number of nitrogens with one attached hydrogen (secondary N) is 1. The number of nitrogens with zero attached hydrogens (tertiary/aromatic N) is 1. The highest BCUT2D eigenvalue weighted by Crippen LogP contribution is 2.19. The Kier molecular flexibility index (Phi) is 3.51. The maximum absolute atomic E-state index is 11.9. The molecule has 3 N–H and O–H groups in total. The van der Waals surface area contributed by atoms with Crippen molar-refractivity contribution in [1.82, 2.24) is 9.29 Å². The van der Waals surface area contributed by atoms with E-state index in [1.807, 2.05) is 0 Å². The summed E-state index contributed by atoms with van der Waals surface area (Å²) in [6.45, 7) is 1.05. The predicted molar refractivity (Wildman–Crippen MR) is 58.7 cm³/mol. The number of primary amides is 1. The number of thiazole rings is 1. The lowest BCUT2D eigenvalue weighted by atomic mass is 10.6. The minimum absolute atomic E-state index is 0.0961. The first kappa shape index (κ1) is 12.9. The van der Waals surface area contributed by atoms with Crippen LogP contribution in [0.2, 0.25) is 0 Å². The first-order valence-corrected chi connectivity index (χ1v) is 6.45. The molecular formula is C7H11N3O4S2. The molecule has 7 nitrogen and oxygen atoms in total. The average molecular weight is 265 g/mol. The number of aryl methyl sites for hydroxylation is 1. The van der Waals surface area contributed by atoms with Gasteiger partial charge in [-0.2, -0.15) is 4.31 Å². The van der Waals surface area contributed by atoms with E-state index in [0.717, 1.165) is 4.31 Å². The quantitative estimate of drug-likeness (QED) is 0.715. The van der Waals surface area contributed by atoms with Crippen LogP contribution in [0, 0.1) is 6.92 Å². The van der Waals surface area contributed by atoms with Crippen LogP contribution >= 0.6 is 11.3 Å². The highest BCUT2D eigenvalue weighted by atomic mass is 32.2. The number of aromatic nitrogens is 1.